The van der Waals surface area contributed by atoms with Gasteiger partial charge in [-0.05, 0) is 56.0 Å². The van der Waals surface area contributed by atoms with Gasteiger partial charge in [0, 0.05) is 28.9 Å². The molecule has 2 aromatic carbocycles. The molecule has 176 valence electrons. The Hall–Kier alpha value is -3.09. The van der Waals surface area contributed by atoms with Crippen LogP contribution in [0.2, 0.25) is 0 Å². The first-order valence-electron chi connectivity index (χ1n) is 11.7. The lowest BCUT2D eigenvalue weighted by molar-refractivity contribution is -0.288. The molecule has 1 aromatic heterocycles. The van der Waals surface area contributed by atoms with Gasteiger partial charge < -0.3 is 14.6 Å². The number of carbonyl (C=O) groups is 1. The minimum absolute atomic E-state index is 0.104. The van der Waals surface area contributed by atoms with Gasteiger partial charge in [-0.3, -0.25) is 9.78 Å². The van der Waals surface area contributed by atoms with E-state index in [1.54, 1.807) is 26.0 Å². The number of pyridine rings is 1. The molecule has 2 fully saturated rings. The van der Waals surface area contributed by atoms with Crippen LogP contribution in [0.3, 0.4) is 0 Å². The molecule has 0 spiro atoms. The Labute approximate surface area is 198 Å². The Balaban J connectivity index is 1.68. The summed E-state index contributed by atoms with van der Waals surface area (Å²) in [6, 6.07) is 14.5. The number of hydrogen-bond acceptors (Lipinski definition) is 4. The van der Waals surface area contributed by atoms with E-state index < -0.39 is 24.0 Å². The van der Waals surface area contributed by atoms with Crippen LogP contribution in [-0.4, -0.2) is 34.1 Å². The van der Waals surface area contributed by atoms with Crippen LogP contribution in [0, 0.1) is 5.82 Å². The Morgan fingerprint density at radius 1 is 1.15 bits per heavy atom. The number of aliphatic carboxylic acids is 1. The van der Waals surface area contributed by atoms with Crippen molar-refractivity contribution in [2.75, 3.05) is 0 Å². The van der Waals surface area contributed by atoms with E-state index in [1.807, 2.05) is 24.3 Å². The molecule has 2 heterocycles. The third-order valence-corrected chi connectivity index (χ3v) is 6.48. The molecule has 1 N–H and O–H groups in total. The van der Waals surface area contributed by atoms with Crippen molar-refractivity contribution in [2.24, 2.45) is 0 Å². The standard InChI is InChI=1S/C28H28FNO4/c1-16(23-14-20(15-24(31)32)33-28(2,3)34-23)25-26(17-10-12-19(29)13-11-17)21-6-4-5-7-22(21)30-27(25)18-8-9-18/h4-7,10-13,18,20,23H,1,8-9,14-15H2,2-3H3,(H,31,32)/t20-,23+/m1/s1. The summed E-state index contributed by atoms with van der Waals surface area (Å²) in [5, 5.41) is 10.3. The van der Waals surface area contributed by atoms with Crippen molar-refractivity contribution in [3.8, 4) is 11.1 Å². The SMILES string of the molecule is C=C(c1c(C2CC2)nc2ccccc2c1-c1ccc(F)cc1)[C@@H]1C[C@H](CC(=O)O)OC(C)(C)O1. The fourth-order valence-corrected chi connectivity index (χ4v) is 4.93. The third-order valence-electron chi connectivity index (χ3n) is 6.48. The number of aromatic nitrogens is 1. The van der Waals surface area contributed by atoms with Gasteiger partial charge in [0.15, 0.2) is 5.79 Å². The van der Waals surface area contributed by atoms with Crippen LogP contribution in [0.1, 0.15) is 56.7 Å². The van der Waals surface area contributed by atoms with Gasteiger partial charge in [0.1, 0.15) is 5.82 Å². The first kappa shape index (κ1) is 22.7. The molecular formula is C28H28FNO4. The Morgan fingerprint density at radius 3 is 2.53 bits per heavy atom. The molecule has 3 aromatic rings. The lowest BCUT2D eigenvalue weighted by Crippen LogP contribution is -2.45. The molecule has 1 saturated carbocycles. The number of carboxylic acid groups (broad SMARTS) is 1. The van der Waals surface area contributed by atoms with E-state index >= 15 is 0 Å². The first-order chi connectivity index (χ1) is 16.2. The van der Waals surface area contributed by atoms with Crippen LogP contribution in [-0.2, 0) is 14.3 Å². The van der Waals surface area contributed by atoms with E-state index in [1.165, 1.54) is 12.1 Å². The average Bonchev–Trinajstić information content (AvgIpc) is 3.62. The van der Waals surface area contributed by atoms with E-state index in [9.17, 15) is 14.3 Å². The summed E-state index contributed by atoms with van der Waals surface area (Å²) in [5.41, 5.74) is 5.38. The Morgan fingerprint density at radius 2 is 1.85 bits per heavy atom. The number of benzene rings is 2. The number of para-hydroxylation sites is 1. The molecule has 0 bridgehead atoms. The molecule has 2 atom stereocenters. The van der Waals surface area contributed by atoms with E-state index in [0.717, 1.165) is 51.7 Å². The van der Waals surface area contributed by atoms with Crippen molar-refractivity contribution >= 4 is 22.4 Å². The minimum Gasteiger partial charge on any atom is -0.481 e. The van der Waals surface area contributed by atoms with Gasteiger partial charge in [-0.2, -0.15) is 0 Å². The summed E-state index contributed by atoms with van der Waals surface area (Å²) in [7, 11) is 0. The Bertz CT molecular complexity index is 1260. The van der Waals surface area contributed by atoms with Gasteiger partial charge in [-0.1, -0.05) is 36.9 Å². The normalized spacial score (nSPS) is 22.0. The molecule has 0 amide bonds. The molecule has 0 unspecified atom stereocenters. The molecule has 1 saturated heterocycles. The van der Waals surface area contributed by atoms with Crippen LogP contribution >= 0.6 is 0 Å². The first-order valence-corrected chi connectivity index (χ1v) is 11.7. The van der Waals surface area contributed by atoms with Crippen molar-refractivity contribution in [1.29, 1.82) is 0 Å². The summed E-state index contributed by atoms with van der Waals surface area (Å²) < 4.78 is 26.0. The van der Waals surface area contributed by atoms with Gasteiger partial charge in [-0.25, -0.2) is 4.39 Å². The molecule has 1 aliphatic heterocycles. The number of halogens is 1. The van der Waals surface area contributed by atoms with Gasteiger partial charge in [0.2, 0.25) is 0 Å². The molecule has 0 radical (unpaired) electrons. The zero-order chi connectivity index (χ0) is 24.0. The largest absolute Gasteiger partial charge is 0.481 e. The van der Waals surface area contributed by atoms with Crippen LogP contribution in [0.5, 0.6) is 0 Å². The number of ether oxygens (including phenoxy) is 2. The fraction of sp³-hybridized carbons (Fsp3) is 0.357. The third kappa shape index (κ3) is 4.48. The van der Waals surface area contributed by atoms with Crippen molar-refractivity contribution in [3.63, 3.8) is 0 Å². The van der Waals surface area contributed by atoms with Crippen LogP contribution in [0.25, 0.3) is 27.6 Å². The van der Waals surface area contributed by atoms with Crippen molar-refractivity contribution in [3.05, 3.63) is 72.2 Å². The molecule has 34 heavy (non-hydrogen) atoms. The highest BCUT2D eigenvalue weighted by Crippen LogP contribution is 2.48. The number of carboxylic acids is 1. The monoisotopic (exact) mass is 461 g/mol. The van der Waals surface area contributed by atoms with Crippen LogP contribution in [0.15, 0.2) is 55.1 Å². The van der Waals surface area contributed by atoms with Crippen LogP contribution in [0.4, 0.5) is 4.39 Å². The topological polar surface area (TPSA) is 68.7 Å². The summed E-state index contributed by atoms with van der Waals surface area (Å²) in [4.78, 5) is 16.5. The Kier molecular flexibility index (Phi) is 5.74. The molecular weight excluding hydrogens is 433 g/mol. The lowest BCUT2D eigenvalue weighted by Gasteiger charge is -2.41. The maximum Gasteiger partial charge on any atom is 0.305 e. The van der Waals surface area contributed by atoms with Gasteiger partial charge >= 0.3 is 5.97 Å². The number of hydrogen-bond donors (Lipinski definition) is 1. The smallest absolute Gasteiger partial charge is 0.305 e. The highest BCUT2D eigenvalue weighted by atomic mass is 19.1. The van der Waals surface area contributed by atoms with Crippen LogP contribution < -0.4 is 0 Å². The van der Waals surface area contributed by atoms with Crippen molar-refractivity contribution < 1.29 is 23.8 Å². The zero-order valence-electron chi connectivity index (χ0n) is 19.4. The molecule has 6 heteroatoms. The van der Waals surface area contributed by atoms with Gasteiger partial charge in [0.05, 0.1) is 29.8 Å². The second-order valence-corrected chi connectivity index (χ2v) is 9.65. The predicted octanol–water partition coefficient (Wildman–Crippen LogP) is 6.32. The van der Waals surface area contributed by atoms with E-state index in [2.05, 4.69) is 6.58 Å². The second kappa shape index (κ2) is 8.60. The quantitative estimate of drug-likeness (QED) is 0.465. The van der Waals surface area contributed by atoms with Crippen molar-refractivity contribution in [1.82, 2.24) is 4.98 Å². The lowest BCUT2D eigenvalue weighted by atomic mass is 9.85. The molecule has 1 aliphatic carbocycles. The molecule has 2 aliphatic rings. The van der Waals surface area contributed by atoms with Crippen molar-refractivity contribution in [2.45, 2.75) is 63.4 Å². The summed E-state index contributed by atoms with van der Waals surface area (Å²) in [6.07, 6.45) is 1.45. The van der Waals surface area contributed by atoms with E-state index in [4.69, 9.17) is 14.5 Å². The number of nitrogens with zero attached hydrogens (tertiary/aromatic N) is 1. The molecule has 5 rings (SSSR count). The van der Waals surface area contributed by atoms with E-state index in [-0.39, 0.29) is 12.2 Å². The maximum atomic E-state index is 13.8. The fourth-order valence-electron chi connectivity index (χ4n) is 4.93. The predicted molar refractivity (Wildman–Crippen MR) is 129 cm³/mol. The molecule has 5 nitrogen and oxygen atoms in total. The summed E-state index contributed by atoms with van der Waals surface area (Å²) >= 11 is 0. The summed E-state index contributed by atoms with van der Waals surface area (Å²) in [6.45, 7) is 8.06. The average molecular weight is 462 g/mol. The highest BCUT2D eigenvalue weighted by Gasteiger charge is 2.40. The van der Waals surface area contributed by atoms with Gasteiger partial charge in [-0.15, -0.1) is 0 Å². The highest BCUT2D eigenvalue weighted by molar-refractivity contribution is 6.01. The number of fused-ring (bicyclic) bond motifs is 1. The summed E-state index contributed by atoms with van der Waals surface area (Å²) in [5.74, 6) is -1.83. The number of rotatable bonds is 6. The second-order valence-electron chi connectivity index (χ2n) is 9.65. The zero-order valence-corrected chi connectivity index (χ0v) is 19.4. The van der Waals surface area contributed by atoms with E-state index in [0.29, 0.717) is 12.3 Å². The minimum atomic E-state index is -0.952. The maximum absolute atomic E-state index is 13.8. The van der Waals surface area contributed by atoms with Gasteiger partial charge in [0.25, 0.3) is 0 Å².